The molecule has 3 rings (SSSR count). The van der Waals surface area contributed by atoms with Gasteiger partial charge in [0.1, 0.15) is 24.2 Å². The Kier molecular flexibility index (Phi) is 2.58. The minimum absolute atomic E-state index is 0.506. The molecule has 18 heavy (non-hydrogen) atoms. The minimum Gasteiger partial charge on any atom is -0.486 e. The fourth-order valence-electron chi connectivity index (χ4n) is 1.89. The standard InChI is InChI=1S/C13H10N2O2S/c14-7-12-9(15)6-11(18-12)8-2-1-3-10-13(8)17-5-4-16-10/h1-3,6H,4-5,15H2. The highest BCUT2D eigenvalue weighted by Crippen LogP contribution is 2.43. The number of nitrogen functional groups attached to an aromatic ring is 1. The van der Waals surface area contributed by atoms with E-state index in [1.807, 2.05) is 18.2 Å². The van der Waals surface area contributed by atoms with E-state index in [-0.39, 0.29) is 0 Å². The second-order valence-electron chi connectivity index (χ2n) is 3.84. The maximum absolute atomic E-state index is 8.94. The molecule has 0 saturated heterocycles. The lowest BCUT2D eigenvalue weighted by atomic mass is 10.1. The molecule has 90 valence electrons. The van der Waals surface area contributed by atoms with Crippen LogP contribution in [0, 0.1) is 11.3 Å². The van der Waals surface area contributed by atoms with E-state index in [0.29, 0.717) is 23.8 Å². The van der Waals surface area contributed by atoms with Crippen LogP contribution in [0.4, 0.5) is 5.69 Å². The Labute approximate surface area is 108 Å². The maximum Gasteiger partial charge on any atom is 0.169 e. The summed E-state index contributed by atoms with van der Waals surface area (Å²) in [7, 11) is 0. The smallest absolute Gasteiger partial charge is 0.169 e. The fraction of sp³-hybridized carbons (Fsp3) is 0.154. The molecule has 2 heterocycles. The molecule has 2 N–H and O–H groups in total. The summed E-state index contributed by atoms with van der Waals surface area (Å²) in [6.07, 6.45) is 0. The van der Waals surface area contributed by atoms with Crippen molar-refractivity contribution in [2.45, 2.75) is 0 Å². The molecule has 5 heteroatoms. The molecule has 1 aromatic heterocycles. The van der Waals surface area contributed by atoms with E-state index in [9.17, 15) is 0 Å². The molecular weight excluding hydrogens is 248 g/mol. The van der Waals surface area contributed by atoms with E-state index in [4.69, 9.17) is 20.5 Å². The van der Waals surface area contributed by atoms with Crippen molar-refractivity contribution >= 4 is 17.0 Å². The van der Waals surface area contributed by atoms with Gasteiger partial charge in [-0.15, -0.1) is 11.3 Å². The van der Waals surface area contributed by atoms with Gasteiger partial charge in [0.25, 0.3) is 0 Å². The summed E-state index contributed by atoms with van der Waals surface area (Å²) < 4.78 is 11.2. The molecule has 0 bridgehead atoms. The monoisotopic (exact) mass is 258 g/mol. The summed E-state index contributed by atoms with van der Waals surface area (Å²) >= 11 is 1.36. The van der Waals surface area contributed by atoms with Crippen LogP contribution in [-0.4, -0.2) is 13.2 Å². The third kappa shape index (κ3) is 1.67. The highest BCUT2D eigenvalue weighted by atomic mass is 32.1. The Balaban J connectivity index is 2.14. The number of anilines is 1. The van der Waals surface area contributed by atoms with Crippen LogP contribution in [-0.2, 0) is 0 Å². The van der Waals surface area contributed by atoms with Gasteiger partial charge < -0.3 is 15.2 Å². The first-order valence-corrected chi connectivity index (χ1v) is 6.29. The Bertz CT molecular complexity index is 643. The van der Waals surface area contributed by atoms with E-state index in [2.05, 4.69) is 6.07 Å². The molecule has 4 nitrogen and oxygen atoms in total. The fourth-order valence-corrected chi connectivity index (χ4v) is 2.79. The second-order valence-corrected chi connectivity index (χ2v) is 4.89. The van der Waals surface area contributed by atoms with Crippen molar-refractivity contribution in [1.29, 1.82) is 5.26 Å². The number of nitriles is 1. The number of benzene rings is 1. The van der Waals surface area contributed by atoms with Gasteiger partial charge in [0.05, 0.1) is 5.69 Å². The zero-order chi connectivity index (χ0) is 12.5. The largest absolute Gasteiger partial charge is 0.486 e. The summed E-state index contributed by atoms with van der Waals surface area (Å²) in [5.41, 5.74) is 7.21. The van der Waals surface area contributed by atoms with Gasteiger partial charge >= 0.3 is 0 Å². The van der Waals surface area contributed by atoms with Gasteiger partial charge in [-0.1, -0.05) is 6.07 Å². The summed E-state index contributed by atoms with van der Waals surface area (Å²) in [5, 5.41) is 8.94. The third-order valence-corrected chi connectivity index (χ3v) is 3.78. The van der Waals surface area contributed by atoms with E-state index in [0.717, 1.165) is 21.9 Å². The first-order valence-electron chi connectivity index (χ1n) is 5.48. The average Bonchev–Trinajstić information content (AvgIpc) is 2.79. The Morgan fingerprint density at radius 2 is 2.11 bits per heavy atom. The molecule has 0 atom stereocenters. The van der Waals surface area contributed by atoms with Crippen molar-refractivity contribution in [2.75, 3.05) is 18.9 Å². The third-order valence-electron chi connectivity index (χ3n) is 2.69. The Morgan fingerprint density at radius 1 is 1.28 bits per heavy atom. The van der Waals surface area contributed by atoms with Crippen molar-refractivity contribution in [2.24, 2.45) is 0 Å². The van der Waals surface area contributed by atoms with Gasteiger partial charge in [-0.3, -0.25) is 0 Å². The number of thiophene rings is 1. The molecule has 0 spiro atoms. The van der Waals surface area contributed by atoms with Crippen molar-refractivity contribution in [3.63, 3.8) is 0 Å². The number of nitrogens with two attached hydrogens (primary N) is 1. The Hall–Kier alpha value is -2.19. The van der Waals surface area contributed by atoms with Gasteiger partial charge in [0.15, 0.2) is 11.5 Å². The molecule has 0 aliphatic carbocycles. The molecule has 1 aliphatic heterocycles. The number of para-hydroxylation sites is 1. The van der Waals surface area contributed by atoms with E-state index >= 15 is 0 Å². The van der Waals surface area contributed by atoms with Crippen molar-refractivity contribution in [3.05, 3.63) is 29.1 Å². The highest BCUT2D eigenvalue weighted by Gasteiger charge is 2.18. The topological polar surface area (TPSA) is 68.3 Å². The lowest BCUT2D eigenvalue weighted by Gasteiger charge is -2.20. The predicted molar refractivity (Wildman–Crippen MR) is 69.9 cm³/mol. The maximum atomic E-state index is 8.94. The molecule has 0 radical (unpaired) electrons. The minimum atomic E-state index is 0.506. The molecule has 0 fully saturated rings. The normalized spacial score (nSPS) is 13.1. The molecule has 1 aliphatic rings. The van der Waals surface area contributed by atoms with E-state index in [1.54, 1.807) is 6.07 Å². The van der Waals surface area contributed by atoms with Crippen LogP contribution < -0.4 is 15.2 Å². The van der Waals surface area contributed by atoms with Gasteiger partial charge in [-0.25, -0.2) is 0 Å². The Morgan fingerprint density at radius 3 is 2.89 bits per heavy atom. The molecule has 0 unspecified atom stereocenters. The number of ether oxygens (including phenoxy) is 2. The van der Waals surface area contributed by atoms with Gasteiger partial charge in [-0.2, -0.15) is 5.26 Å². The van der Waals surface area contributed by atoms with Crippen LogP contribution in [0.5, 0.6) is 11.5 Å². The first kappa shape index (κ1) is 10.9. The van der Waals surface area contributed by atoms with Crippen LogP contribution in [0.3, 0.4) is 0 Å². The first-order chi connectivity index (χ1) is 8.79. The predicted octanol–water partition coefficient (Wildman–Crippen LogP) is 2.64. The van der Waals surface area contributed by atoms with Gasteiger partial charge in [0.2, 0.25) is 0 Å². The van der Waals surface area contributed by atoms with Gasteiger partial charge in [0, 0.05) is 10.4 Å². The number of rotatable bonds is 1. The molecule has 1 aromatic carbocycles. The molecular formula is C13H10N2O2S. The zero-order valence-electron chi connectivity index (χ0n) is 9.47. The van der Waals surface area contributed by atoms with Crippen LogP contribution in [0.25, 0.3) is 10.4 Å². The lowest BCUT2D eigenvalue weighted by Crippen LogP contribution is -2.15. The summed E-state index contributed by atoms with van der Waals surface area (Å²) in [4.78, 5) is 1.45. The van der Waals surface area contributed by atoms with Crippen LogP contribution >= 0.6 is 11.3 Å². The van der Waals surface area contributed by atoms with E-state index < -0.39 is 0 Å². The second kappa shape index (κ2) is 4.24. The SMILES string of the molecule is N#Cc1sc(-c2cccc3c2OCCO3)cc1N. The summed E-state index contributed by atoms with van der Waals surface area (Å²) in [5.74, 6) is 1.47. The quantitative estimate of drug-likeness (QED) is 0.853. The van der Waals surface area contributed by atoms with Crippen molar-refractivity contribution < 1.29 is 9.47 Å². The van der Waals surface area contributed by atoms with Crippen molar-refractivity contribution in [3.8, 4) is 28.0 Å². The number of hydrogen-bond acceptors (Lipinski definition) is 5. The summed E-state index contributed by atoms with van der Waals surface area (Å²) in [6, 6.07) is 9.62. The number of fused-ring (bicyclic) bond motifs is 1. The van der Waals surface area contributed by atoms with Gasteiger partial charge in [-0.05, 0) is 18.2 Å². The highest BCUT2D eigenvalue weighted by molar-refractivity contribution is 7.16. The molecule has 2 aromatic rings. The lowest BCUT2D eigenvalue weighted by molar-refractivity contribution is 0.172. The van der Waals surface area contributed by atoms with Crippen LogP contribution in [0.15, 0.2) is 24.3 Å². The molecule has 0 amide bonds. The summed E-state index contributed by atoms with van der Waals surface area (Å²) in [6.45, 7) is 1.10. The average molecular weight is 258 g/mol. The van der Waals surface area contributed by atoms with Crippen LogP contribution in [0.1, 0.15) is 4.88 Å². The number of hydrogen-bond donors (Lipinski definition) is 1. The van der Waals surface area contributed by atoms with E-state index in [1.165, 1.54) is 11.3 Å². The number of nitrogens with zero attached hydrogens (tertiary/aromatic N) is 1. The zero-order valence-corrected chi connectivity index (χ0v) is 10.3. The van der Waals surface area contributed by atoms with Crippen molar-refractivity contribution in [1.82, 2.24) is 0 Å². The van der Waals surface area contributed by atoms with Crippen LogP contribution in [0.2, 0.25) is 0 Å². The molecule has 0 saturated carbocycles.